The van der Waals surface area contributed by atoms with Crippen molar-refractivity contribution in [2.45, 2.75) is 44.8 Å². The number of rotatable bonds is 9. The maximum Gasteiger partial charge on any atom is 0.321 e. The van der Waals surface area contributed by atoms with Gasteiger partial charge in [0.15, 0.2) is 0 Å². The predicted octanol–water partition coefficient (Wildman–Crippen LogP) is -0.0761. The molecule has 0 heterocycles. The molecule has 9 nitrogen and oxygen atoms in total. The first-order chi connectivity index (χ1) is 11.5. The Kier molecular flexibility index (Phi) is 20.5. The van der Waals surface area contributed by atoms with Gasteiger partial charge in [0.2, 0.25) is 0 Å². The average Bonchev–Trinajstić information content (AvgIpc) is 2.57. The first-order valence-corrected chi connectivity index (χ1v) is 9.53. The van der Waals surface area contributed by atoms with Gasteiger partial charge in [0, 0.05) is 5.75 Å². The van der Waals surface area contributed by atoms with E-state index in [1.54, 1.807) is 11.8 Å². The summed E-state index contributed by atoms with van der Waals surface area (Å²) >= 11 is 5.25. The van der Waals surface area contributed by atoms with Crippen LogP contribution in [-0.2, 0) is 14.4 Å². The lowest BCUT2D eigenvalue weighted by Crippen LogP contribution is -2.36. The Morgan fingerprint density at radius 1 is 1.00 bits per heavy atom. The van der Waals surface area contributed by atoms with E-state index in [-0.39, 0.29) is 11.7 Å². The number of aliphatic carboxylic acids is 3. The zero-order chi connectivity index (χ0) is 20.6. The molecule has 0 saturated heterocycles. The Bertz CT molecular complexity index is 388. The van der Waals surface area contributed by atoms with Crippen molar-refractivity contribution >= 4 is 42.3 Å². The summed E-state index contributed by atoms with van der Waals surface area (Å²) in [6.07, 6.45) is 3.29. The van der Waals surface area contributed by atoms with Crippen LogP contribution in [-0.4, -0.2) is 69.1 Å². The van der Waals surface area contributed by atoms with Gasteiger partial charge in [-0.25, -0.2) is 0 Å². The molecule has 9 N–H and O–H groups in total. The maximum atomic E-state index is 10.2. The van der Waals surface area contributed by atoms with Gasteiger partial charge in [-0.05, 0) is 24.3 Å². The second-order valence-corrected chi connectivity index (χ2v) is 6.45. The van der Waals surface area contributed by atoms with Gasteiger partial charge in [-0.1, -0.05) is 20.3 Å². The number of thiol groups is 1. The second-order valence-electron chi connectivity index (χ2n) is 5.10. The van der Waals surface area contributed by atoms with Gasteiger partial charge in [-0.3, -0.25) is 14.4 Å². The Labute approximate surface area is 158 Å². The van der Waals surface area contributed by atoms with Gasteiger partial charge in [-0.15, -0.1) is 0 Å². The fourth-order valence-electron chi connectivity index (χ4n) is 0.944. The minimum atomic E-state index is -1.00. The molecule has 0 aromatic carbocycles. The zero-order valence-corrected chi connectivity index (χ0v) is 16.5. The summed E-state index contributed by atoms with van der Waals surface area (Å²) in [4.78, 5) is 30.0. The molecule has 0 aromatic rings. The molecule has 150 valence electrons. The molecule has 0 aliphatic carbocycles. The second kappa shape index (κ2) is 17.8. The van der Waals surface area contributed by atoms with E-state index in [4.69, 9.17) is 32.5 Å². The highest BCUT2D eigenvalue weighted by Crippen LogP contribution is 2.04. The molecule has 0 radical (unpaired) electrons. The molecule has 0 saturated carbocycles. The molecule has 25 heavy (non-hydrogen) atoms. The van der Waals surface area contributed by atoms with Gasteiger partial charge < -0.3 is 32.5 Å². The largest absolute Gasteiger partial charge is 0.480 e. The van der Waals surface area contributed by atoms with Crippen molar-refractivity contribution in [3.8, 4) is 0 Å². The third-order valence-corrected chi connectivity index (χ3v) is 4.04. The molecule has 0 rings (SSSR count). The van der Waals surface area contributed by atoms with Crippen molar-refractivity contribution in [1.29, 1.82) is 0 Å². The van der Waals surface area contributed by atoms with Crippen LogP contribution in [0.25, 0.3) is 0 Å². The number of carbonyl (C=O) groups is 3. The van der Waals surface area contributed by atoms with E-state index in [1.165, 1.54) is 0 Å². The van der Waals surface area contributed by atoms with E-state index in [2.05, 4.69) is 12.6 Å². The predicted molar refractivity (Wildman–Crippen MR) is 103 cm³/mol. The Balaban J connectivity index is -0.000000293. The Morgan fingerprint density at radius 2 is 1.44 bits per heavy atom. The number of carboxylic acid groups (broad SMARTS) is 3. The molecule has 11 heteroatoms. The van der Waals surface area contributed by atoms with Crippen LogP contribution in [0.2, 0.25) is 0 Å². The van der Waals surface area contributed by atoms with Gasteiger partial charge in [0.25, 0.3) is 0 Å². The number of hydrogen-bond donors (Lipinski definition) is 7. The van der Waals surface area contributed by atoms with E-state index in [0.29, 0.717) is 6.42 Å². The molecular weight excluding hydrogens is 370 g/mol. The molecule has 0 fully saturated rings. The molecule has 4 atom stereocenters. The molecule has 0 aliphatic heterocycles. The van der Waals surface area contributed by atoms with Crippen molar-refractivity contribution in [3.05, 3.63) is 0 Å². The van der Waals surface area contributed by atoms with Crippen molar-refractivity contribution in [1.82, 2.24) is 0 Å². The standard InChI is InChI=1S/C6H13NO2.C5H11NO2S.C3H7NO2S/c1-3-4(2)5(7)6(8)9;1-9-3-2-4(6)5(7)8;4-2(1-7)3(5)6/h4-5H,3,7H2,1-2H3,(H,8,9);4H,2-3,6H2,1H3,(H,7,8);2,7H,1,4H2,(H,5,6)/t4-,5-;4-;2-/m000/s1. The third-order valence-electron chi connectivity index (χ3n) is 3.01. The van der Waals surface area contributed by atoms with Crippen LogP contribution < -0.4 is 17.2 Å². The minimum absolute atomic E-state index is 0.0718. The van der Waals surface area contributed by atoms with Crippen LogP contribution in [0.5, 0.6) is 0 Å². The number of nitrogens with two attached hydrogens (primary N) is 3. The van der Waals surface area contributed by atoms with E-state index < -0.39 is 36.0 Å². The summed E-state index contributed by atoms with van der Waals surface area (Å²) in [7, 11) is 0. The quantitative estimate of drug-likeness (QED) is 0.257. The van der Waals surface area contributed by atoms with Crippen LogP contribution in [0.4, 0.5) is 0 Å². The Hall–Kier alpha value is -1.01. The normalized spacial score (nSPS) is 14.5. The van der Waals surface area contributed by atoms with Crippen molar-refractivity contribution in [2.24, 2.45) is 23.1 Å². The summed E-state index contributed by atoms with van der Waals surface area (Å²) in [5, 5.41) is 24.6. The molecule has 0 aliphatic rings. The SMILES string of the molecule is CC[C@H](C)[C@H](N)C(=O)O.CSCC[C@H](N)C(=O)O.N[C@@H](CS)C(=O)O. The first kappa shape index (κ1) is 28.8. The zero-order valence-electron chi connectivity index (χ0n) is 14.8. The molecular formula is C14H31N3O6S2. The molecule has 0 bridgehead atoms. The highest BCUT2D eigenvalue weighted by molar-refractivity contribution is 7.98. The smallest absolute Gasteiger partial charge is 0.321 e. The fourth-order valence-corrected chi connectivity index (χ4v) is 1.59. The molecule has 0 spiro atoms. The van der Waals surface area contributed by atoms with Crippen LogP contribution >= 0.6 is 24.4 Å². The summed E-state index contributed by atoms with van der Waals surface area (Å²) in [5.41, 5.74) is 15.4. The lowest BCUT2D eigenvalue weighted by atomic mass is 10.0. The summed E-state index contributed by atoms with van der Waals surface area (Å²) in [5.74, 6) is -1.76. The van der Waals surface area contributed by atoms with Gasteiger partial charge in [0.1, 0.15) is 18.1 Å². The highest BCUT2D eigenvalue weighted by Gasteiger charge is 2.17. The lowest BCUT2D eigenvalue weighted by Gasteiger charge is -2.11. The van der Waals surface area contributed by atoms with Crippen molar-refractivity contribution in [3.63, 3.8) is 0 Å². The van der Waals surface area contributed by atoms with Crippen LogP contribution in [0.3, 0.4) is 0 Å². The summed E-state index contributed by atoms with van der Waals surface area (Å²) in [6.45, 7) is 3.76. The van der Waals surface area contributed by atoms with E-state index in [0.717, 1.165) is 12.2 Å². The number of carboxylic acids is 3. The number of hydrogen-bond acceptors (Lipinski definition) is 8. The summed E-state index contributed by atoms with van der Waals surface area (Å²) < 4.78 is 0. The van der Waals surface area contributed by atoms with Crippen LogP contribution in [0, 0.1) is 5.92 Å². The van der Waals surface area contributed by atoms with Crippen LogP contribution in [0.1, 0.15) is 26.7 Å². The molecule has 0 aromatic heterocycles. The van der Waals surface area contributed by atoms with Gasteiger partial charge >= 0.3 is 17.9 Å². The first-order valence-electron chi connectivity index (χ1n) is 7.50. The fraction of sp³-hybridized carbons (Fsp3) is 0.786. The third kappa shape index (κ3) is 19.2. The van der Waals surface area contributed by atoms with Crippen molar-refractivity contribution in [2.75, 3.05) is 17.8 Å². The maximum absolute atomic E-state index is 10.2. The number of thioether (sulfide) groups is 1. The summed E-state index contributed by atoms with van der Waals surface area (Å²) in [6, 6.07) is -2.20. The van der Waals surface area contributed by atoms with E-state index in [9.17, 15) is 14.4 Å². The topological polar surface area (TPSA) is 190 Å². The monoisotopic (exact) mass is 401 g/mol. The Morgan fingerprint density at radius 3 is 1.60 bits per heavy atom. The van der Waals surface area contributed by atoms with E-state index >= 15 is 0 Å². The molecule has 0 unspecified atom stereocenters. The van der Waals surface area contributed by atoms with E-state index in [1.807, 2.05) is 20.1 Å². The van der Waals surface area contributed by atoms with Crippen LogP contribution in [0.15, 0.2) is 0 Å². The van der Waals surface area contributed by atoms with Gasteiger partial charge in [0.05, 0.1) is 0 Å². The van der Waals surface area contributed by atoms with Crippen molar-refractivity contribution < 1.29 is 29.7 Å². The lowest BCUT2D eigenvalue weighted by molar-refractivity contribution is -0.140. The molecule has 0 amide bonds. The highest BCUT2D eigenvalue weighted by atomic mass is 32.2. The minimum Gasteiger partial charge on any atom is -0.480 e. The average molecular weight is 402 g/mol. The van der Waals surface area contributed by atoms with Gasteiger partial charge in [-0.2, -0.15) is 24.4 Å².